The van der Waals surface area contributed by atoms with E-state index in [9.17, 15) is 9.59 Å². The van der Waals surface area contributed by atoms with Crippen LogP contribution in [-0.2, 0) is 22.0 Å². The highest BCUT2D eigenvalue weighted by Gasteiger charge is 2.06. The number of nitrogens with zero attached hydrogens (tertiary/aromatic N) is 2. The number of carbonyl (C=O) groups excluding carboxylic acids is 2. The molecule has 2 amide bonds. The maximum Gasteiger partial charge on any atom is 0.413 e. The minimum Gasteiger partial charge on any atom is -0.450 e. The van der Waals surface area contributed by atoms with E-state index in [0.717, 1.165) is 5.69 Å². The van der Waals surface area contributed by atoms with Crippen molar-refractivity contribution in [2.45, 2.75) is 26.3 Å². The number of carbonyl (C=O) groups is 2. The van der Waals surface area contributed by atoms with Crippen LogP contribution >= 0.6 is 34.3 Å². The number of ether oxygens (including phenoxy) is 2. The lowest BCUT2D eigenvalue weighted by molar-refractivity contribution is 0.167. The lowest BCUT2D eigenvalue weighted by Gasteiger charge is -1.99. The highest BCUT2D eigenvalue weighted by Crippen LogP contribution is 2.16. The fourth-order valence-electron chi connectivity index (χ4n) is 1.37. The second-order valence-corrected chi connectivity index (χ2v) is 6.25. The van der Waals surface area contributed by atoms with Crippen molar-refractivity contribution >= 4 is 56.7 Å². The molecule has 0 aliphatic heterocycles. The van der Waals surface area contributed by atoms with Crippen LogP contribution in [-0.4, -0.2) is 40.5 Å². The van der Waals surface area contributed by atoms with E-state index in [2.05, 4.69) is 30.1 Å². The summed E-state index contributed by atoms with van der Waals surface area (Å²) >= 11 is 8.10. The van der Waals surface area contributed by atoms with Crippen LogP contribution in [0.3, 0.4) is 0 Å². The van der Waals surface area contributed by atoms with Gasteiger partial charge in [0.05, 0.1) is 37.1 Å². The minimum atomic E-state index is -0.527. The third-order valence-electron chi connectivity index (χ3n) is 2.37. The second-order valence-electron chi connectivity index (χ2n) is 4.27. The third kappa shape index (κ3) is 8.43. The molecule has 3 N–H and O–H groups in total. The normalized spacial score (nSPS) is 9.69. The first kappa shape index (κ1) is 22.1. The lowest BCUT2D eigenvalue weighted by atomic mass is 10.5. The molecule has 0 aliphatic carbocycles. The summed E-state index contributed by atoms with van der Waals surface area (Å²) < 4.78 is 9.32. The topological polar surface area (TPSA) is 123 Å². The summed E-state index contributed by atoms with van der Waals surface area (Å²) in [6, 6.07) is 0. The van der Waals surface area contributed by atoms with Gasteiger partial charge in [0.15, 0.2) is 10.3 Å². The van der Waals surface area contributed by atoms with Gasteiger partial charge in [-0.15, -0.1) is 34.3 Å². The number of hydrogen-bond acceptors (Lipinski definition) is 9. The molecule has 0 fully saturated rings. The van der Waals surface area contributed by atoms with E-state index in [1.165, 1.54) is 22.7 Å². The highest BCUT2D eigenvalue weighted by molar-refractivity contribution is 7.14. The SMILES string of the molecule is CCOC(=O)Nc1nc(CCl)cs1.CCOC(=O)Nc1nc(CO)cs1. The van der Waals surface area contributed by atoms with Gasteiger partial charge in [-0.2, -0.15) is 0 Å². The summed E-state index contributed by atoms with van der Waals surface area (Å²) in [6.45, 7) is 4.01. The van der Waals surface area contributed by atoms with Gasteiger partial charge in [0.25, 0.3) is 0 Å². The Morgan fingerprint density at radius 3 is 1.85 bits per heavy atom. The molecule has 9 nitrogen and oxygen atoms in total. The van der Waals surface area contributed by atoms with Crippen LogP contribution in [0.2, 0.25) is 0 Å². The molecule has 2 rings (SSSR count). The molecule has 2 aromatic heterocycles. The van der Waals surface area contributed by atoms with E-state index < -0.39 is 12.2 Å². The van der Waals surface area contributed by atoms with Crippen molar-refractivity contribution in [1.29, 1.82) is 0 Å². The van der Waals surface area contributed by atoms with Crippen LogP contribution in [0.1, 0.15) is 25.2 Å². The van der Waals surface area contributed by atoms with Crippen LogP contribution in [0.15, 0.2) is 10.8 Å². The van der Waals surface area contributed by atoms with Crippen LogP contribution in [0.5, 0.6) is 0 Å². The molecular formula is C14H19ClN4O5S2. The molecule has 0 spiro atoms. The van der Waals surface area contributed by atoms with Gasteiger partial charge in [-0.3, -0.25) is 10.6 Å². The number of alkyl halides is 1. The molecule has 12 heteroatoms. The van der Waals surface area contributed by atoms with Crippen LogP contribution in [0.4, 0.5) is 19.9 Å². The van der Waals surface area contributed by atoms with Gasteiger partial charge in [-0.25, -0.2) is 19.6 Å². The molecule has 0 radical (unpaired) electrons. The molecule has 2 heterocycles. The zero-order valence-electron chi connectivity index (χ0n) is 14.2. The minimum absolute atomic E-state index is 0.124. The molecule has 0 bridgehead atoms. The Balaban J connectivity index is 0.000000260. The predicted octanol–water partition coefficient (Wildman–Crippen LogP) is 3.65. The molecule has 0 atom stereocenters. The smallest absolute Gasteiger partial charge is 0.413 e. The molecule has 0 unspecified atom stereocenters. The standard InChI is InChI=1S/C7H9ClN2O2S.C7H10N2O3S/c1-2-12-7(11)10-6-9-5(3-8)4-13-6;1-2-12-7(11)9-6-8-5(3-10)4-13-6/h4H,2-3H2,1H3,(H,9,10,11);4,10H,2-3H2,1H3,(H,8,9,11). The monoisotopic (exact) mass is 422 g/mol. The molecule has 0 saturated heterocycles. The van der Waals surface area contributed by atoms with E-state index in [4.69, 9.17) is 16.7 Å². The fraction of sp³-hybridized carbons (Fsp3) is 0.429. The van der Waals surface area contributed by atoms with Crippen molar-refractivity contribution < 1.29 is 24.2 Å². The number of aliphatic hydroxyl groups is 1. The largest absolute Gasteiger partial charge is 0.450 e. The lowest BCUT2D eigenvalue weighted by Crippen LogP contribution is -2.13. The van der Waals surface area contributed by atoms with Crippen molar-refractivity contribution in [2.75, 3.05) is 23.8 Å². The van der Waals surface area contributed by atoms with Crippen molar-refractivity contribution in [3.63, 3.8) is 0 Å². The van der Waals surface area contributed by atoms with Crippen LogP contribution in [0.25, 0.3) is 0 Å². The number of anilines is 2. The predicted molar refractivity (Wildman–Crippen MR) is 101 cm³/mol. The Morgan fingerprint density at radius 2 is 1.50 bits per heavy atom. The average molecular weight is 423 g/mol. The average Bonchev–Trinajstić information content (AvgIpc) is 3.25. The Morgan fingerprint density at radius 1 is 1.04 bits per heavy atom. The number of thiazole rings is 2. The van der Waals surface area contributed by atoms with Crippen molar-refractivity contribution in [3.8, 4) is 0 Å². The van der Waals surface area contributed by atoms with Gasteiger partial charge < -0.3 is 14.6 Å². The Kier molecular flexibility index (Phi) is 10.5. The summed E-state index contributed by atoms with van der Waals surface area (Å²) in [4.78, 5) is 29.7. The molecular weight excluding hydrogens is 404 g/mol. The fourth-order valence-corrected chi connectivity index (χ4v) is 2.98. The van der Waals surface area contributed by atoms with Gasteiger partial charge in [0.2, 0.25) is 0 Å². The quantitative estimate of drug-likeness (QED) is 0.607. The molecule has 144 valence electrons. The third-order valence-corrected chi connectivity index (χ3v) is 4.26. The highest BCUT2D eigenvalue weighted by atomic mass is 35.5. The number of amides is 2. The number of rotatable bonds is 6. The van der Waals surface area contributed by atoms with Gasteiger partial charge in [-0.1, -0.05) is 0 Å². The van der Waals surface area contributed by atoms with E-state index in [1.807, 2.05) is 0 Å². The Labute approximate surface area is 163 Å². The first-order chi connectivity index (χ1) is 12.5. The van der Waals surface area contributed by atoms with Gasteiger partial charge in [0.1, 0.15) is 0 Å². The Hall–Kier alpha value is -1.95. The summed E-state index contributed by atoms with van der Waals surface area (Å²) in [5, 5.41) is 18.0. The first-order valence-electron chi connectivity index (χ1n) is 7.45. The molecule has 26 heavy (non-hydrogen) atoms. The van der Waals surface area contributed by atoms with Crippen molar-refractivity contribution in [3.05, 3.63) is 22.1 Å². The summed E-state index contributed by atoms with van der Waals surface area (Å²) in [5.74, 6) is 0.348. The Bertz CT molecular complexity index is 636. The van der Waals surface area contributed by atoms with Crippen molar-refractivity contribution in [2.24, 2.45) is 0 Å². The van der Waals surface area contributed by atoms with E-state index >= 15 is 0 Å². The van der Waals surface area contributed by atoms with E-state index in [0.29, 0.717) is 35.1 Å². The zero-order chi connectivity index (χ0) is 19.4. The number of aromatic nitrogens is 2. The number of aliphatic hydroxyl groups excluding tert-OH is 1. The summed E-state index contributed by atoms with van der Waals surface area (Å²) in [6.07, 6.45) is -1.01. The second kappa shape index (κ2) is 12.4. The van der Waals surface area contributed by atoms with Gasteiger partial charge >= 0.3 is 12.2 Å². The summed E-state index contributed by atoms with van der Waals surface area (Å²) in [7, 11) is 0. The number of hydrogen-bond donors (Lipinski definition) is 3. The maximum absolute atomic E-state index is 10.9. The summed E-state index contributed by atoms with van der Waals surface area (Å²) in [5.41, 5.74) is 1.29. The van der Waals surface area contributed by atoms with Gasteiger partial charge in [-0.05, 0) is 13.8 Å². The van der Waals surface area contributed by atoms with E-state index in [-0.39, 0.29) is 6.61 Å². The van der Waals surface area contributed by atoms with Crippen LogP contribution < -0.4 is 10.6 Å². The maximum atomic E-state index is 10.9. The molecule has 0 saturated carbocycles. The van der Waals surface area contributed by atoms with E-state index in [1.54, 1.807) is 24.6 Å². The van der Waals surface area contributed by atoms with Crippen LogP contribution in [0, 0.1) is 0 Å². The molecule has 2 aromatic rings. The van der Waals surface area contributed by atoms with Gasteiger partial charge in [0, 0.05) is 10.8 Å². The zero-order valence-corrected chi connectivity index (χ0v) is 16.5. The van der Waals surface area contributed by atoms with Crippen molar-refractivity contribution in [1.82, 2.24) is 9.97 Å². The first-order valence-corrected chi connectivity index (χ1v) is 9.74. The molecule has 0 aliphatic rings. The number of halogens is 1. The number of nitrogens with one attached hydrogen (secondary N) is 2. The molecule has 0 aromatic carbocycles.